The molecule has 0 fully saturated rings. The molecule has 0 bridgehead atoms. The van der Waals surface area contributed by atoms with E-state index in [0.29, 0.717) is 37.1 Å². The van der Waals surface area contributed by atoms with E-state index in [1.807, 2.05) is 13.0 Å². The third-order valence-electron chi connectivity index (χ3n) is 4.72. The van der Waals surface area contributed by atoms with Gasteiger partial charge in [-0.15, -0.1) is 5.10 Å². The number of hydrogen-bond acceptors (Lipinski definition) is 5. The molecule has 10 heteroatoms. The second-order valence-corrected chi connectivity index (χ2v) is 8.71. The predicted octanol–water partition coefficient (Wildman–Crippen LogP) is 1.39. The lowest BCUT2D eigenvalue weighted by atomic mass is 10.2. The van der Waals surface area contributed by atoms with Gasteiger partial charge in [-0.25, -0.2) is 22.6 Å². The van der Waals surface area contributed by atoms with Gasteiger partial charge in [-0.2, -0.15) is 0 Å². The van der Waals surface area contributed by atoms with Gasteiger partial charge in [-0.05, 0) is 56.2 Å². The Hall–Kier alpha value is -2.98. The van der Waals surface area contributed by atoms with Crippen molar-refractivity contribution in [3.05, 3.63) is 64.7 Å². The summed E-state index contributed by atoms with van der Waals surface area (Å²) in [5.41, 5.74) is 0.714. The lowest BCUT2D eigenvalue weighted by Crippen LogP contribution is -2.32. The molecule has 0 aliphatic rings. The number of carbonyl (C=O) groups is 1. The van der Waals surface area contributed by atoms with Gasteiger partial charge in [0.2, 0.25) is 10.0 Å². The van der Waals surface area contributed by atoms with E-state index in [9.17, 15) is 18.0 Å². The monoisotopic (exact) mass is 431 g/mol. The van der Waals surface area contributed by atoms with Gasteiger partial charge in [0.15, 0.2) is 5.65 Å². The van der Waals surface area contributed by atoms with E-state index >= 15 is 0 Å². The van der Waals surface area contributed by atoms with E-state index in [1.54, 1.807) is 25.3 Å². The number of sulfonamides is 1. The number of aryl methyl sites for hydroxylation is 1. The summed E-state index contributed by atoms with van der Waals surface area (Å²) in [5.74, 6) is -0.309. The van der Waals surface area contributed by atoms with Crippen LogP contribution in [0.25, 0.3) is 5.65 Å². The standard InChI is InChI=1S/C20H25N5O4S/c1-3-15(2)23-30(28,29)17-10-8-16(9-11-17)19(26)21-12-6-14-25-20(27)24-13-5-4-7-18(24)22-25/h4-5,7-11,13,15,23H,3,6,12,14H2,1-2H3,(H,21,26). The second kappa shape index (κ2) is 9.23. The first-order valence-corrected chi connectivity index (χ1v) is 11.2. The van der Waals surface area contributed by atoms with E-state index < -0.39 is 10.0 Å². The molecule has 160 valence electrons. The highest BCUT2D eigenvalue weighted by atomic mass is 32.2. The van der Waals surface area contributed by atoms with Crippen molar-refractivity contribution < 1.29 is 13.2 Å². The van der Waals surface area contributed by atoms with Crippen LogP contribution in [0.4, 0.5) is 0 Å². The average molecular weight is 432 g/mol. The zero-order chi connectivity index (χ0) is 21.7. The first-order chi connectivity index (χ1) is 14.3. The summed E-state index contributed by atoms with van der Waals surface area (Å²) in [4.78, 5) is 24.6. The molecule has 0 saturated heterocycles. The molecule has 2 heterocycles. The highest BCUT2D eigenvalue weighted by Gasteiger charge is 2.17. The third kappa shape index (κ3) is 4.95. The summed E-state index contributed by atoms with van der Waals surface area (Å²) in [5, 5.41) is 7.01. The van der Waals surface area contributed by atoms with Crippen molar-refractivity contribution in [2.75, 3.05) is 6.54 Å². The van der Waals surface area contributed by atoms with Crippen molar-refractivity contribution in [3.63, 3.8) is 0 Å². The molecule has 3 aromatic rings. The van der Waals surface area contributed by atoms with E-state index in [4.69, 9.17) is 0 Å². The quantitative estimate of drug-likeness (QED) is 0.497. The van der Waals surface area contributed by atoms with Crippen molar-refractivity contribution in [1.82, 2.24) is 24.2 Å². The van der Waals surface area contributed by atoms with Gasteiger partial charge in [0, 0.05) is 30.9 Å². The number of rotatable bonds is 9. The molecule has 1 unspecified atom stereocenters. The van der Waals surface area contributed by atoms with Crippen molar-refractivity contribution in [3.8, 4) is 0 Å². The summed E-state index contributed by atoms with van der Waals surface area (Å²) in [7, 11) is -3.60. The zero-order valence-corrected chi connectivity index (χ0v) is 17.7. The number of benzene rings is 1. The minimum absolute atomic E-state index is 0.116. The maximum Gasteiger partial charge on any atom is 0.350 e. The van der Waals surface area contributed by atoms with Crippen molar-refractivity contribution in [2.24, 2.45) is 0 Å². The lowest BCUT2D eigenvalue weighted by molar-refractivity contribution is 0.0952. The first-order valence-electron chi connectivity index (χ1n) is 9.76. The number of amides is 1. The van der Waals surface area contributed by atoms with Crippen molar-refractivity contribution in [1.29, 1.82) is 0 Å². The number of pyridine rings is 1. The summed E-state index contributed by atoms with van der Waals surface area (Å²) in [6.07, 6.45) is 2.87. The van der Waals surface area contributed by atoms with Crippen molar-refractivity contribution >= 4 is 21.6 Å². The van der Waals surface area contributed by atoms with Gasteiger partial charge in [-0.3, -0.25) is 9.20 Å². The Kier molecular flexibility index (Phi) is 6.68. The Labute approximate surface area is 174 Å². The Morgan fingerprint density at radius 2 is 1.90 bits per heavy atom. The average Bonchev–Trinajstić information content (AvgIpc) is 3.06. The Balaban J connectivity index is 1.53. The predicted molar refractivity (Wildman–Crippen MR) is 113 cm³/mol. The summed E-state index contributed by atoms with van der Waals surface area (Å²) in [6.45, 7) is 4.42. The molecule has 0 spiro atoms. The molecule has 0 radical (unpaired) electrons. The van der Waals surface area contributed by atoms with Crippen LogP contribution in [0, 0.1) is 0 Å². The van der Waals surface area contributed by atoms with E-state index in [1.165, 1.54) is 33.3 Å². The molecule has 0 aliphatic heterocycles. The molecule has 0 saturated carbocycles. The molecule has 1 amide bonds. The summed E-state index contributed by atoms with van der Waals surface area (Å²) >= 11 is 0. The normalized spacial score (nSPS) is 12.7. The molecular weight excluding hydrogens is 406 g/mol. The number of hydrogen-bond donors (Lipinski definition) is 2. The maximum atomic E-state index is 12.3. The highest BCUT2D eigenvalue weighted by Crippen LogP contribution is 2.12. The largest absolute Gasteiger partial charge is 0.352 e. The van der Waals surface area contributed by atoms with Gasteiger partial charge in [-0.1, -0.05) is 13.0 Å². The molecule has 30 heavy (non-hydrogen) atoms. The number of aromatic nitrogens is 3. The van der Waals surface area contributed by atoms with Gasteiger partial charge < -0.3 is 5.32 Å². The van der Waals surface area contributed by atoms with Gasteiger partial charge in [0.05, 0.1) is 4.90 Å². The third-order valence-corrected chi connectivity index (χ3v) is 6.32. The maximum absolute atomic E-state index is 12.3. The van der Waals surface area contributed by atoms with Gasteiger partial charge in [0.25, 0.3) is 5.91 Å². The fourth-order valence-electron chi connectivity index (χ4n) is 2.85. The van der Waals surface area contributed by atoms with Crippen LogP contribution in [0.2, 0.25) is 0 Å². The Morgan fingerprint density at radius 3 is 2.57 bits per heavy atom. The number of fused-ring (bicyclic) bond motifs is 1. The van der Waals surface area contributed by atoms with E-state index in [-0.39, 0.29) is 22.5 Å². The summed E-state index contributed by atoms with van der Waals surface area (Å²) < 4.78 is 30.0. The topological polar surface area (TPSA) is 115 Å². The molecule has 3 rings (SSSR count). The van der Waals surface area contributed by atoms with Gasteiger partial charge >= 0.3 is 5.69 Å². The molecular formula is C20H25N5O4S. The van der Waals surface area contributed by atoms with Crippen LogP contribution in [-0.4, -0.2) is 41.1 Å². The van der Waals surface area contributed by atoms with Crippen LogP contribution in [-0.2, 0) is 16.6 Å². The number of nitrogens with one attached hydrogen (secondary N) is 2. The highest BCUT2D eigenvalue weighted by molar-refractivity contribution is 7.89. The van der Waals surface area contributed by atoms with E-state index in [0.717, 1.165) is 0 Å². The molecule has 9 nitrogen and oxygen atoms in total. The minimum Gasteiger partial charge on any atom is -0.352 e. The van der Waals surface area contributed by atoms with Crippen LogP contribution in [0.1, 0.15) is 37.0 Å². The van der Waals surface area contributed by atoms with Gasteiger partial charge in [0.1, 0.15) is 0 Å². The van der Waals surface area contributed by atoms with Crippen LogP contribution in [0.15, 0.2) is 58.4 Å². The minimum atomic E-state index is -3.60. The van der Waals surface area contributed by atoms with Crippen molar-refractivity contribution in [2.45, 2.75) is 44.2 Å². The fraction of sp³-hybridized carbons (Fsp3) is 0.350. The molecule has 2 aromatic heterocycles. The second-order valence-electron chi connectivity index (χ2n) is 7.00. The zero-order valence-electron chi connectivity index (χ0n) is 16.9. The van der Waals surface area contributed by atoms with Crippen LogP contribution in [0.3, 0.4) is 0 Å². The molecule has 0 aliphatic carbocycles. The lowest BCUT2D eigenvalue weighted by Gasteiger charge is -2.12. The Bertz CT molecular complexity index is 1180. The number of carbonyl (C=O) groups excluding carboxylic acids is 1. The van der Waals surface area contributed by atoms with Crippen LogP contribution >= 0.6 is 0 Å². The molecule has 2 N–H and O–H groups in total. The molecule has 1 atom stereocenters. The van der Waals surface area contributed by atoms with Crippen LogP contribution in [0.5, 0.6) is 0 Å². The van der Waals surface area contributed by atoms with E-state index in [2.05, 4.69) is 15.1 Å². The SMILES string of the molecule is CCC(C)NS(=O)(=O)c1ccc(C(=O)NCCCn2nc3ccccn3c2=O)cc1. The van der Waals surface area contributed by atoms with Crippen LogP contribution < -0.4 is 15.7 Å². The Morgan fingerprint density at radius 1 is 1.17 bits per heavy atom. The summed E-state index contributed by atoms with van der Waals surface area (Å²) in [6, 6.07) is 10.9. The molecule has 1 aromatic carbocycles. The first kappa shape index (κ1) is 21.7. The smallest absolute Gasteiger partial charge is 0.350 e. The number of nitrogens with zero attached hydrogens (tertiary/aromatic N) is 3. The fourth-order valence-corrected chi connectivity index (χ4v) is 4.18.